The van der Waals surface area contributed by atoms with Gasteiger partial charge in [0.05, 0.1) is 30.9 Å². The van der Waals surface area contributed by atoms with Gasteiger partial charge in [0.1, 0.15) is 0 Å². The van der Waals surface area contributed by atoms with Gasteiger partial charge in [-0.3, -0.25) is 9.59 Å². The Morgan fingerprint density at radius 3 is 2.81 bits per heavy atom. The van der Waals surface area contributed by atoms with Crippen LogP contribution < -0.4 is 29.7 Å². The molecule has 1 heterocycles. The molecule has 9 nitrogen and oxygen atoms in total. The van der Waals surface area contributed by atoms with Crippen LogP contribution in [0, 0.1) is 0 Å². The van der Waals surface area contributed by atoms with Gasteiger partial charge < -0.3 is 24.3 Å². The molecule has 10 heteroatoms. The van der Waals surface area contributed by atoms with Crippen LogP contribution in [0.5, 0.6) is 23.0 Å². The van der Waals surface area contributed by atoms with E-state index in [1.54, 1.807) is 37.4 Å². The molecule has 2 amide bonds. The van der Waals surface area contributed by atoms with Crippen molar-refractivity contribution in [2.24, 2.45) is 5.10 Å². The second-order valence-corrected chi connectivity index (χ2v) is 7.63. The summed E-state index contributed by atoms with van der Waals surface area (Å²) in [6.07, 6.45) is 3.44. The number of unbranched alkanes of at least 4 members (excludes halogenated alkanes) is 1. The van der Waals surface area contributed by atoms with E-state index in [2.05, 4.69) is 38.7 Å². The number of halogens is 1. The highest BCUT2D eigenvalue weighted by atomic mass is 79.9. The molecule has 170 valence electrons. The Morgan fingerprint density at radius 2 is 2.03 bits per heavy atom. The lowest BCUT2D eigenvalue weighted by Gasteiger charge is -2.13. The largest absolute Gasteiger partial charge is 0.493 e. The van der Waals surface area contributed by atoms with Crippen molar-refractivity contribution in [3.05, 3.63) is 45.9 Å². The molecule has 3 rings (SSSR count). The number of carbonyl (C=O) groups is 2. The highest BCUT2D eigenvalue weighted by Crippen LogP contribution is 2.36. The van der Waals surface area contributed by atoms with Crippen molar-refractivity contribution in [3.63, 3.8) is 0 Å². The SMILES string of the molecule is CCCCOc1c(Br)cc(/C=N/NC(=O)CNC(=O)c2ccc3c(c2)OCO3)cc1OC. The van der Waals surface area contributed by atoms with Crippen molar-refractivity contribution in [2.75, 3.05) is 27.1 Å². The fourth-order valence-electron chi connectivity index (χ4n) is 2.79. The number of hydrogen-bond donors (Lipinski definition) is 2. The molecule has 1 aliphatic heterocycles. The molecule has 0 bridgehead atoms. The average Bonchev–Trinajstić information content (AvgIpc) is 3.26. The molecular weight excluding hydrogens is 482 g/mol. The van der Waals surface area contributed by atoms with E-state index in [1.165, 1.54) is 6.21 Å². The van der Waals surface area contributed by atoms with Crippen LogP contribution >= 0.6 is 15.9 Å². The van der Waals surface area contributed by atoms with Crippen LogP contribution in [-0.4, -0.2) is 45.1 Å². The Morgan fingerprint density at radius 1 is 1.22 bits per heavy atom. The molecule has 0 atom stereocenters. The summed E-state index contributed by atoms with van der Waals surface area (Å²) in [6.45, 7) is 2.57. The summed E-state index contributed by atoms with van der Waals surface area (Å²) < 4.78 is 22.3. The second kappa shape index (κ2) is 11.4. The van der Waals surface area contributed by atoms with Crippen molar-refractivity contribution in [3.8, 4) is 23.0 Å². The lowest BCUT2D eigenvalue weighted by molar-refractivity contribution is -0.120. The third kappa shape index (κ3) is 6.13. The molecule has 0 fully saturated rings. The zero-order valence-electron chi connectivity index (χ0n) is 17.8. The maximum absolute atomic E-state index is 12.2. The van der Waals surface area contributed by atoms with Crippen molar-refractivity contribution < 1.29 is 28.5 Å². The molecule has 2 N–H and O–H groups in total. The van der Waals surface area contributed by atoms with Gasteiger partial charge in [-0.25, -0.2) is 5.43 Å². The molecule has 2 aromatic carbocycles. The van der Waals surface area contributed by atoms with E-state index in [-0.39, 0.29) is 13.3 Å². The molecule has 0 aliphatic carbocycles. The molecular formula is C22H24BrN3O6. The summed E-state index contributed by atoms with van der Waals surface area (Å²) >= 11 is 3.48. The molecule has 0 spiro atoms. The number of amides is 2. The van der Waals surface area contributed by atoms with Gasteiger partial charge >= 0.3 is 0 Å². The first-order chi connectivity index (χ1) is 15.5. The van der Waals surface area contributed by atoms with Crippen LogP contribution in [0.25, 0.3) is 0 Å². The van der Waals surface area contributed by atoms with E-state index in [0.717, 1.165) is 17.3 Å². The van der Waals surface area contributed by atoms with E-state index in [4.69, 9.17) is 18.9 Å². The number of fused-ring (bicyclic) bond motifs is 1. The van der Waals surface area contributed by atoms with Gasteiger partial charge in [-0.2, -0.15) is 5.10 Å². The molecule has 0 saturated heterocycles. The number of methoxy groups -OCH3 is 1. The lowest BCUT2D eigenvalue weighted by Crippen LogP contribution is -2.34. The monoisotopic (exact) mass is 505 g/mol. The Bertz CT molecular complexity index is 1010. The zero-order valence-corrected chi connectivity index (χ0v) is 19.4. The molecule has 0 radical (unpaired) electrons. The molecule has 0 aromatic heterocycles. The molecule has 1 aliphatic rings. The molecule has 0 saturated carbocycles. The average molecular weight is 506 g/mol. The first kappa shape index (κ1) is 23.4. The van der Waals surface area contributed by atoms with Crippen molar-refractivity contribution >= 4 is 34.0 Å². The first-order valence-corrected chi connectivity index (χ1v) is 10.8. The number of hydrogen-bond acceptors (Lipinski definition) is 7. The minimum Gasteiger partial charge on any atom is -0.493 e. The Labute approximate surface area is 194 Å². The topological polar surface area (TPSA) is 107 Å². The van der Waals surface area contributed by atoms with Crippen molar-refractivity contribution in [2.45, 2.75) is 19.8 Å². The first-order valence-electron chi connectivity index (χ1n) is 10.0. The van der Waals surface area contributed by atoms with Gasteiger partial charge in [-0.05, 0) is 58.2 Å². The van der Waals surface area contributed by atoms with E-state index in [0.29, 0.717) is 40.7 Å². The lowest BCUT2D eigenvalue weighted by atomic mass is 10.2. The Balaban J connectivity index is 1.51. The third-order valence-corrected chi connectivity index (χ3v) is 5.03. The normalized spacial score (nSPS) is 12.0. The van der Waals surface area contributed by atoms with Crippen molar-refractivity contribution in [1.82, 2.24) is 10.7 Å². The number of nitrogens with one attached hydrogen (secondary N) is 2. The molecule has 0 unspecified atom stereocenters. The third-order valence-electron chi connectivity index (χ3n) is 4.44. The maximum Gasteiger partial charge on any atom is 0.259 e. The summed E-state index contributed by atoms with van der Waals surface area (Å²) in [7, 11) is 1.56. The summed E-state index contributed by atoms with van der Waals surface area (Å²) in [5, 5.41) is 6.46. The number of rotatable bonds is 10. The summed E-state index contributed by atoms with van der Waals surface area (Å²) in [6, 6.07) is 8.37. The Hall–Kier alpha value is -3.27. The van der Waals surface area contributed by atoms with Crippen LogP contribution in [0.15, 0.2) is 39.9 Å². The number of carbonyl (C=O) groups excluding carboxylic acids is 2. The van der Waals surface area contributed by atoms with Crippen LogP contribution in [0.4, 0.5) is 0 Å². The van der Waals surface area contributed by atoms with Gasteiger partial charge in [0.15, 0.2) is 23.0 Å². The van der Waals surface area contributed by atoms with Gasteiger partial charge in [0.25, 0.3) is 11.8 Å². The summed E-state index contributed by atoms with van der Waals surface area (Å²) in [5.41, 5.74) is 3.44. The zero-order chi connectivity index (χ0) is 22.9. The highest BCUT2D eigenvalue weighted by Gasteiger charge is 2.16. The van der Waals surface area contributed by atoms with E-state index >= 15 is 0 Å². The highest BCUT2D eigenvalue weighted by molar-refractivity contribution is 9.10. The number of hydrazone groups is 1. The standard InChI is InChI=1S/C22H24BrN3O6/c1-3-4-7-30-21-16(23)8-14(9-19(21)29-2)11-25-26-20(27)12-24-22(28)15-5-6-17-18(10-15)32-13-31-17/h5-6,8-11H,3-4,7,12-13H2,1-2H3,(H,24,28)(H,26,27)/b25-11+. The summed E-state index contributed by atoms with van der Waals surface area (Å²) in [5.74, 6) is 1.37. The smallest absolute Gasteiger partial charge is 0.259 e. The van der Waals surface area contributed by atoms with E-state index in [1.807, 2.05) is 0 Å². The fourth-order valence-corrected chi connectivity index (χ4v) is 3.37. The number of nitrogens with zero attached hydrogens (tertiary/aromatic N) is 1. The van der Waals surface area contributed by atoms with Gasteiger partial charge in [-0.15, -0.1) is 0 Å². The number of benzene rings is 2. The predicted molar refractivity (Wildman–Crippen MR) is 122 cm³/mol. The summed E-state index contributed by atoms with van der Waals surface area (Å²) in [4.78, 5) is 24.2. The van der Waals surface area contributed by atoms with E-state index < -0.39 is 11.8 Å². The quantitative estimate of drug-likeness (QED) is 0.291. The number of ether oxygens (including phenoxy) is 4. The van der Waals surface area contributed by atoms with Gasteiger partial charge in [0.2, 0.25) is 6.79 Å². The maximum atomic E-state index is 12.2. The second-order valence-electron chi connectivity index (χ2n) is 6.78. The predicted octanol–water partition coefficient (Wildman–Crippen LogP) is 3.25. The minimum atomic E-state index is -0.471. The van der Waals surface area contributed by atoms with Gasteiger partial charge in [0, 0.05) is 5.56 Å². The molecule has 32 heavy (non-hydrogen) atoms. The van der Waals surface area contributed by atoms with Crippen LogP contribution in [-0.2, 0) is 4.79 Å². The van der Waals surface area contributed by atoms with Crippen LogP contribution in [0.3, 0.4) is 0 Å². The van der Waals surface area contributed by atoms with Gasteiger partial charge in [-0.1, -0.05) is 13.3 Å². The van der Waals surface area contributed by atoms with Crippen LogP contribution in [0.1, 0.15) is 35.7 Å². The van der Waals surface area contributed by atoms with Crippen molar-refractivity contribution in [1.29, 1.82) is 0 Å². The molecule has 2 aromatic rings. The minimum absolute atomic E-state index is 0.123. The fraction of sp³-hybridized carbons (Fsp3) is 0.318. The Kier molecular flexibility index (Phi) is 8.32. The van der Waals surface area contributed by atoms with Crippen LogP contribution in [0.2, 0.25) is 0 Å². The van der Waals surface area contributed by atoms with E-state index in [9.17, 15) is 9.59 Å².